The lowest BCUT2D eigenvalue weighted by atomic mass is 10.0. The molecule has 0 spiro atoms. The number of anilines is 1. The highest BCUT2D eigenvalue weighted by atomic mass is 16.5. The number of carbonyl (C=O) groups is 2. The van der Waals surface area contributed by atoms with Crippen LogP contribution < -0.4 is 9.64 Å². The van der Waals surface area contributed by atoms with Gasteiger partial charge in [-0.25, -0.2) is 4.79 Å². The van der Waals surface area contributed by atoms with Crippen molar-refractivity contribution in [1.82, 2.24) is 4.57 Å². The van der Waals surface area contributed by atoms with Crippen LogP contribution in [0.5, 0.6) is 5.75 Å². The van der Waals surface area contributed by atoms with Crippen molar-refractivity contribution in [2.45, 2.75) is 39.3 Å². The van der Waals surface area contributed by atoms with Crippen molar-refractivity contribution in [3.05, 3.63) is 83.2 Å². The Morgan fingerprint density at radius 2 is 1.84 bits per heavy atom. The first kappa shape index (κ1) is 21.7. The fraction of sp³-hybridized carbons (Fsp3) is 0.308. The molecule has 1 aliphatic rings. The van der Waals surface area contributed by atoms with E-state index >= 15 is 0 Å². The van der Waals surface area contributed by atoms with Gasteiger partial charge in [0.05, 0.1) is 25.9 Å². The number of benzene rings is 2. The van der Waals surface area contributed by atoms with E-state index in [0.717, 1.165) is 16.8 Å². The highest BCUT2D eigenvalue weighted by Crippen LogP contribution is 2.41. The van der Waals surface area contributed by atoms with Crippen LogP contribution in [0, 0.1) is 0 Å². The number of amides is 1. The van der Waals surface area contributed by atoms with Gasteiger partial charge in [-0.1, -0.05) is 38.1 Å². The van der Waals surface area contributed by atoms with Crippen LogP contribution in [0.2, 0.25) is 0 Å². The highest BCUT2D eigenvalue weighted by molar-refractivity contribution is 6.05. The summed E-state index contributed by atoms with van der Waals surface area (Å²) in [6, 6.07) is 16.8. The lowest BCUT2D eigenvalue weighted by molar-refractivity contribution is -0.120. The predicted octanol–water partition coefficient (Wildman–Crippen LogP) is 4.93. The van der Waals surface area contributed by atoms with Gasteiger partial charge in [-0.05, 0) is 54.3 Å². The van der Waals surface area contributed by atoms with Crippen molar-refractivity contribution < 1.29 is 19.1 Å². The number of hydrogen-bond donors (Lipinski definition) is 0. The van der Waals surface area contributed by atoms with Crippen LogP contribution in [0.3, 0.4) is 0 Å². The van der Waals surface area contributed by atoms with Crippen molar-refractivity contribution >= 4 is 17.6 Å². The summed E-state index contributed by atoms with van der Waals surface area (Å²) >= 11 is 0. The van der Waals surface area contributed by atoms with Crippen LogP contribution in [0.1, 0.15) is 59.9 Å². The Balaban J connectivity index is 1.73. The number of hydrogen-bond acceptors (Lipinski definition) is 4. The molecule has 32 heavy (non-hydrogen) atoms. The molecule has 2 heterocycles. The average Bonchev–Trinajstić information content (AvgIpc) is 3.36. The van der Waals surface area contributed by atoms with Gasteiger partial charge in [0.15, 0.2) is 0 Å². The van der Waals surface area contributed by atoms with Crippen LogP contribution >= 0.6 is 0 Å². The third-order valence-corrected chi connectivity index (χ3v) is 5.85. The summed E-state index contributed by atoms with van der Waals surface area (Å²) in [5.41, 5.74) is 4.27. The maximum absolute atomic E-state index is 13.7. The Morgan fingerprint density at radius 1 is 1.09 bits per heavy atom. The van der Waals surface area contributed by atoms with Gasteiger partial charge in [-0.3, -0.25) is 4.79 Å². The molecular weight excluding hydrogens is 404 g/mol. The minimum absolute atomic E-state index is 0.0945. The number of rotatable bonds is 7. The summed E-state index contributed by atoms with van der Waals surface area (Å²) in [5.74, 6) is 0.569. The third kappa shape index (κ3) is 3.88. The van der Waals surface area contributed by atoms with Gasteiger partial charge in [0.1, 0.15) is 17.5 Å². The van der Waals surface area contributed by atoms with Crippen LogP contribution in [0.25, 0.3) is 0 Å². The zero-order valence-electron chi connectivity index (χ0n) is 18.9. The quantitative estimate of drug-likeness (QED) is 0.497. The fourth-order valence-corrected chi connectivity index (χ4v) is 4.14. The number of fused-ring (bicyclic) bond motifs is 1. The van der Waals surface area contributed by atoms with E-state index in [1.165, 1.54) is 5.56 Å². The van der Waals surface area contributed by atoms with Crippen LogP contribution in [0.4, 0.5) is 5.69 Å². The molecule has 6 nitrogen and oxygen atoms in total. The summed E-state index contributed by atoms with van der Waals surface area (Å²) in [7, 11) is 1.60. The van der Waals surface area contributed by atoms with Gasteiger partial charge < -0.3 is 18.9 Å². The molecule has 2 aromatic carbocycles. The third-order valence-electron chi connectivity index (χ3n) is 5.85. The first-order valence-electron chi connectivity index (χ1n) is 10.9. The van der Waals surface area contributed by atoms with E-state index in [4.69, 9.17) is 9.47 Å². The summed E-state index contributed by atoms with van der Waals surface area (Å²) < 4.78 is 12.3. The zero-order chi connectivity index (χ0) is 22.8. The lowest BCUT2D eigenvalue weighted by Crippen LogP contribution is -2.31. The molecule has 0 aliphatic carbocycles. The molecule has 4 rings (SSSR count). The summed E-state index contributed by atoms with van der Waals surface area (Å²) in [6.07, 6.45) is 1.75. The van der Waals surface area contributed by atoms with Gasteiger partial charge in [0.2, 0.25) is 0 Å². The first-order valence-corrected chi connectivity index (χ1v) is 10.9. The Morgan fingerprint density at radius 3 is 2.50 bits per heavy atom. The van der Waals surface area contributed by atoms with Gasteiger partial charge in [0, 0.05) is 11.8 Å². The smallest absolute Gasteiger partial charge is 0.354 e. The number of methoxy groups -OCH3 is 1. The maximum Gasteiger partial charge on any atom is 0.354 e. The molecule has 0 saturated heterocycles. The van der Waals surface area contributed by atoms with E-state index < -0.39 is 12.0 Å². The topological polar surface area (TPSA) is 60.8 Å². The largest absolute Gasteiger partial charge is 0.497 e. The summed E-state index contributed by atoms with van der Waals surface area (Å²) in [5, 5.41) is 0. The SMILES string of the molecule is CCOC(=O)c1cccn1C1C(=O)N(Cc2ccc(C(C)C)cc2)c2ccc(OC)cc21. The molecule has 0 saturated carbocycles. The summed E-state index contributed by atoms with van der Waals surface area (Å²) in [4.78, 5) is 28.0. The Hall–Kier alpha value is -3.54. The summed E-state index contributed by atoms with van der Waals surface area (Å²) in [6.45, 7) is 6.80. The van der Waals surface area contributed by atoms with Crippen LogP contribution in [-0.4, -0.2) is 30.2 Å². The van der Waals surface area contributed by atoms with Crippen molar-refractivity contribution in [2.24, 2.45) is 0 Å². The lowest BCUT2D eigenvalue weighted by Gasteiger charge is -2.19. The number of carbonyl (C=O) groups excluding carboxylic acids is 2. The van der Waals surface area contributed by atoms with Gasteiger partial charge >= 0.3 is 5.97 Å². The molecule has 0 fully saturated rings. The molecule has 0 radical (unpaired) electrons. The second kappa shape index (κ2) is 8.91. The molecule has 1 aliphatic heterocycles. The molecule has 0 bridgehead atoms. The predicted molar refractivity (Wildman–Crippen MR) is 123 cm³/mol. The minimum atomic E-state index is -0.663. The molecule has 1 amide bonds. The van der Waals surface area contributed by atoms with Crippen molar-refractivity contribution in [1.29, 1.82) is 0 Å². The average molecular weight is 433 g/mol. The van der Waals surface area contributed by atoms with Crippen molar-refractivity contribution in [2.75, 3.05) is 18.6 Å². The van der Waals surface area contributed by atoms with Crippen LogP contribution in [-0.2, 0) is 16.1 Å². The van der Waals surface area contributed by atoms with E-state index in [2.05, 4.69) is 38.1 Å². The van der Waals surface area contributed by atoms with E-state index in [0.29, 0.717) is 23.9 Å². The van der Waals surface area contributed by atoms with Crippen LogP contribution in [0.15, 0.2) is 60.8 Å². The van der Waals surface area contributed by atoms with Gasteiger partial charge in [-0.2, -0.15) is 0 Å². The molecule has 6 heteroatoms. The molecule has 3 aromatic rings. The number of ether oxygens (including phenoxy) is 2. The van der Waals surface area contributed by atoms with E-state index in [1.54, 1.807) is 41.8 Å². The monoisotopic (exact) mass is 432 g/mol. The molecule has 1 aromatic heterocycles. The van der Waals surface area contributed by atoms with Crippen molar-refractivity contribution in [3.63, 3.8) is 0 Å². The molecule has 166 valence electrons. The second-order valence-electron chi connectivity index (χ2n) is 8.17. The zero-order valence-corrected chi connectivity index (χ0v) is 18.9. The fourth-order valence-electron chi connectivity index (χ4n) is 4.14. The molecule has 0 N–H and O–H groups in total. The van der Waals surface area contributed by atoms with Crippen molar-refractivity contribution in [3.8, 4) is 5.75 Å². The highest BCUT2D eigenvalue weighted by Gasteiger charge is 2.40. The normalized spacial score (nSPS) is 15.2. The maximum atomic E-state index is 13.7. The Labute approximate surface area is 188 Å². The second-order valence-corrected chi connectivity index (χ2v) is 8.17. The number of aromatic nitrogens is 1. The number of nitrogens with zero attached hydrogens (tertiary/aromatic N) is 2. The molecular formula is C26H28N2O4. The van der Waals surface area contributed by atoms with E-state index in [1.807, 2.05) is 18.2 Å². The van der Waals surface area contributed by atoms with Gasteiger partial charge in [-0.15, -0.1) is 0 Å². The minimum Gasteiger partial charge on any atom is -0.497 e. The molecule has 1 atom stereocenters. The first-order chi connectivity index (χ1) is 15.4. The number of esters is 1. The molecule has 1 unspecified atom stereocenters. The Kier molecular flexibility index (Phi) is 6.04. The van der Waals surface area contributed by atoms with Gasteiger partial charge in [0.25, 0.3) is 5.91 Å². The Bertz CT molecular complexity index is 1130. The van der Waals surface area contributed by atoms with E-state index in [-0.39, 0.29) is 12.5 Å². The van der Waals surface area contributed by atoms with E-state index in [9.17, 15) is 9.59 Å². The standard InChI is InChI=1S/C26H28N2O4/c1-5-32-26(30)23-7-6-14-27(23)24-21-15-20(31-4)12-13-22(21)28(25(24)29)16-18-8-10-19(11-9-18)17(2)3/h6-15,17,24H,5,16H2,1-4H3.